The first-order chi connectivity index (χ1) is 7.98. The van der Waals surface area contributed by atoms with Crippen molar-refractivity contribution in [2.24, 2.45) is 0 Å². The highest BCUT2D eigenvalue weighted by Crippen LogP contribution is 2.12. The van der Waals surface area contributed by atoms with Gasteiger partial charge in [-0.1, -0.05) is 6.92 Å². The Morgan fingerprint density at radius 3 is 2.82 bits per heavy atom. The van der Waals surface area contributed by atoms with Crippen LogP contribution >= 0.6 is 0 Å². The van der Waals surface area contributed by atoms with Crippen molar-refractivity contribution in [1.82, 2.24) is 10.2 Å². The maximum atomic E-state index is 11.4. The van der Waals surface area contributed by atoms with Crippen LogP contribution < -0.4 is 5.32 Å². The van der Waals surface area contributed by atoms with E-state index in [0.29, 0.717) is 6.54 Å². The van der Waals surface area contributed by atoms with Gasteiger partial charge in [0.15, 0.2) is 9.84 Å². The molecule has 0 aromatic heterocycles. The van der Waals surface area contributed by atoms with Crippen molar-refractivity contribution in [3.63, 3.8) is 0 Å². The van der Waals surface area contributed by atoms with Crippen molar-refractivity contribution in [3.05, 3.63) is 0 Å². The monoisotopic (exact) mass is 259 g/mol. The summed E-state index contributed by atoms with van der Waals surface area (Å²) >= 11 is 0. The molecule has 17 heavy (non-hydrogen) atoms. The Morgan fingerprint density at radius 1 is 1.59 bits per heavy atom. The van der Waals surface area contributed by atoms with Crippen molar-refractivity contribution >= 4 is 9.84 Å². The number of hydrogen-bond acceptors (Lipinski definition) is 5. The van der Waals surface area contributed by atoms with Gasteiger partial charge in [0.05, 0.1) is 23.6 Å². The molecule has 1 aliphatic heterocycles. The maximum Gasteiger partial charge on any atom is 0.153 e. The smallest absolute Gasteiger partial charge is 0.153 e. The summed E-state index contributed by atoms with van der Waals surface area (Å²) in [5, 5.41) is 12.0. The molecule has 2 unspecified atom stereocenters. The highest BCUT2D eigenvalue weighted by atomic mass is 32.2. The molecule has 0 radical (unpaired) electrons. The fourth-order valence-electron chi connectivity index (χ4n) is 2.12. The number of hydrogen-bond donors (Lipinski definition) is 1. The molecule has 0 aromatic rings. The summed E-state index contributed by atoms with van der Waals surface area (Å²) in [6.45, 7) is 6.06. The lowest BCUT2D eigenvalue weighted by Crippen LogP contribution is -2.48. The van der Waals surface area contributed by atoms with Crippen molar-refractivity contribution in [3.8, 4) is 6.07 Å². The molecular weight excluding hydrogens is 238 g/mol. The lowest BCUT2D eigenvalue weighted by atomic mass is 10.2. The number of nitriles is 1. The molecule has 0 aromatic carbocycles. The molecule has 98 valence electrons. The molecular formula is C11H21N3O2S. The van der Waals surface area contributed by atoms with Crippen LogP contribution in [0.15, 0.2) is 0 Å². The Labute approximate surface area is 104 Å². The lowest BCUT2D eigenvalue weighted by Gasteiger charge is -2.33. The Bertz CT molecular complexity index is 375. The van der Waals surface area contributed by atoms with Gasteiger partial charge in [0.2, 0.25) is 0 Å². The molecule has 0 amide bonds. The van der Waals surface area contributed by atoms with E-state index >= 15 is 0 Å². The minimum atomic E-state index is -2.84. The van der Waals surface area contributed by atoms with Gasteiger partial charge in [0, 0.05) is 19.1 Å². The summed E-state index contributed by atoms with van der Waals surface area (Å²) in [6.07, 6.45) is 0.745. The second-order valence-corrected chi connectivity index (χ2v) is 6.76. The molecule has 1 heterocycles. The first kappa shape index (κ1) is 14.4. The van der Waals surface area contributed by atoms with E-state index in [9.17, 15) is 8.42 Å². The Hall–Kier alpha value is -0.640. The largest absolute Gasteiger partial charge is 0.302 e. The Morgan fingerprint density at radius 2 is 2.29 bits per heavy atom. The minimum Gasteiger partial charge on any atom is -0.302 e. The van der Waals surface area contributed by atoms with Gasteiger partial charge in [-0.05, 0) is 19.9 Å². The minimum absolute atomic E-state index is 0.0646. The highest BCUT2D eigenvalue weighted by molar-refractivity contribution is 7.91. The van der Waals surface area contributed by atoms with E-state index in [1.54, 1.807) is 0 Å². The van der Waals surface area contributed by atoms with E-state index in [1.165, 1.54) is 0 Å². The maximum absolute atomic E-state index is 11.4. The van der Waals surface area contributed by atoms with Crippen LogP contribution in [0.5, 0.6) is 0 Å². The first-order valence-corrected chi connectivity index (χ1v) is 7.88. The van der Waals surface area contributed by atoms with E-state index < -0.39 is 9.84 Å². The second kappa shape index (κ2) is 6.34. The third kappa shape index (κ3) is 4.62. The first-order valence-electron chi connectivity index (χ1n) is 6.06. The van der Waals surface area contributed by atoms with Gasteiger partial charge in [0.1, 0.15) is 0 Å². The molecule has 1 aliphatic rings. The molecule has 6 heteroatoms. The molecule has 1 saturated heterocycles. The van der Waals surface area contributed by atoms with Crippen LogP contribution in [0.2, 0.25) is 0 Å². The van der Waals surface area contributed by atoms with Gasteiger partial charge in [-0.25, -0.2) is 8.42 Å². The fraction of sp³-hybridized carbons (Fsp3) is 0.909. The molecule has 0 spiro atoms. The summed E-state index contributed by atoms with van der Waals surface area (Å²) in [7, 11) is -2.84. The summed E-state index contributed by atoms with van der Waals surface area (Å²) < 4.78 is 22.8. The van der Waals surface area contributed by atoms with Crippen LogP contribution in [0, 0.1) is 11.3 Å². The molecule has 0 saturated carbocycles. The van der Waals surface area contributed by atoms with Gasteiger partial charge >= 0.3 is 0 Å². The van der Waals surface area contributed by atoms with Crippen LogP contribution in [-0.2, 0) is 9.84 Å². The van der Waals surface area contributed by atoms with Gasteiger partial charge in [-0.2, -0.15) is 5.26 Å². The van der Waals surface area contributed by atoms with Crippen LogP contribution in [0.1, 0.15) is 20.3 Å². The molecule has 2 atom stereocenters. The number of nitrogens with zero attached hydrogens (tertiary/aromatic N) is 2. The van der Waals surface area contributed by atoms with Crippen LogP contribution in [0.4, 0.5) is 0 Å². The molecule has 1 rings (SSSR count). The second-order valence-electron chi connectivity index (χ2n) is 4.53. The molecule has 0 bridgehead atoms. The quantitative estimate of drug-likeness (QED) is 0.752. The molecule has 1 N–H and O–H groups in total. The Balaban J connectivity index is 2.40. The third-order valence-corrected chi connectivity index (χ3v) is 4.91. The Kier molecular flexibility index (Phi) is 5.37. The van der Waals surface area contributed by atoms with E-state index in [4.69, 9.17) is 5.26 Å². The van der Waals surface area contributed by atoms with Crippen LogP contribution in [0.3, 0.4) is 0 Å². The zero-order valence-corrected chi connectivity index (χ0v) is 11.3. The van der Waals surface area contributed by atoms with Crippen LogP contribution in [-0.4, -0.2) is 56.5 Å². The molecule has 0 aliphatic carbocycles. The fourth-order valence-corrected chi connectivity index (χ4v) is 3.74. The average Bonchev–Trinajstić information content (AvgIpc) is 2.25. The summed E-state index contributed by atoms with van der Waals surface area (Å²) in [4.78, 5) is 2.16. The third-order valence-electron chi connectivity index (χ3n) is 3.12. The van der Waals surface area contributed by atoms with Gasteiger partial charge in [0.25, 0.3) is 0 Å². The van der Waals surface area contributed by atoms with Gasteiger partial charge < -0.3 is 5.32 Å². The standard InChI is InChI=1S/C11H21N3O2S/c1-3-13-11(8-12)4-5-14-6-7-17(15,16)9-10(14)2/h10-11,13H,3-7,9H2,1-2H3. The lowest BCUT2D eigenvalue weighted by molar-refractivity contribution is 0.219. The van der Waals surface area contributed by atoms with Gasteiger partial charge in [-0.3, -0.25) is 4.90 Å². The molecule has 5 nitrogen and oxygen atoms in total. The van der Waals surface area contributed by atoms with E-state index in [2.05, 4.69) is 16.3 Å². The summed E-state index contributed by atoms with van der Waals surface area (Å²) in [5.74, 6) is 0.487. The number of nitrogens with one attached hydrogen (secondary N) is 1. The zero-order chi connectivity index (χ0) is 12.9. The van der Waals surface area contributed by atoms with Crippen molar-refractivity contribution in [2.75, 3.05) is 31.1 Å². The van der Waals surface area contributed by atoms with E-state index in [-0.39, 0.29) is 23.6 Å². The topological polar surface area (TPSA) is 73.2 Å². The SMILES string of the molecule is CCNC(C#N)CCN1CCS(=O)(=O)CC1C. The number of sulfone groups is 1. The van der Waals surface area contributed by atoms with E-state index in [1.807, 2.05) is 13.8 Å². The predicted octanol–water partition coefficient (Wildman–Crippen LogP) is -0.00292. The predicted molar refractivity (Wildman–Crippen MR) is 67.4 cm³/mol. The normalized spacial score (nSPS) is 26.3. The summed E-state index contributed by atoms with van der Waals surface area (Å²) in [5.41, 5.74) is 0. The average molecular weight is 259 g/mol. The van der Waals surface area contributed by atoms with E-state index in [0.717, 1.165) is 19.5 Å². The van der Waals surface area contributed by atoms with Crippen molar-refractivity contribution in [2.45, 2.75) is 32.4 Å². The van der Waals surface area contributed by atoms with Crippen LogP contribution in [0.25, 0.3) is 0 Å². The van der Waals surface area contributed by atoms with Gasteiger partial charge in [-0.15, -0.1) is 0 Å². The molecule has 1 fully saturated rings. The van der Waals surface area contributed by atoms with Crippen molar-refractivity contribution < 1.29 is 8.42 Å². The summed E-state index contributed by atoms with van der Waals surface area (Å²) in [6, 6.07) is 2.15. The number of rotatable bonds is 5. The van der Waals surface area contributed by atoms with Crippen molar-refractivity contribution in [1.29, 1.82) is 5.26 Å². The highest BCUT2D eigenvalue weighted by Gasteiger charge is 2.27. The zero-order valence-electron chi connectivity index (χ0n) is 10.5.